The Kier molecular flexibility index (Phi) is 4.24. The van der Waals surface area contributed by atoms with E-state index in [1.54, 1.807) is 10.9 Å². The maximum absolute atomic E-state index is 12.7. The Bertz CT molecular complexity index is 650. The van der Waals surface area contributed by atoms with Gasteiger partial charge in [-0.3, -0.25) is 14.9 Å². The number of aromatic nitrogens is 2. The Morgan fingerprint density at radius 1 is 1.27 bits per heavy atom. The van der Waals surface area contributed by atoms with Gasteiger partial charge >= 0.3 is 0 Å². The second-order valence-corrected chi connectivity index (χ2v) is 5.91. The van der Waals surface area contributed by atoms with Gasteiger partial charge < -0.3 is 0 Å². The molecule has 1 atom stereocenters. The molecule has 1 unspecified atom stereocenters. The fourth-order valence-corrected chi connectivity index (χ4v) is 2.92. The van der Waals surface area contributed by atoms with Crippen LogP contribution in [0.5, 0.6) is 0 Å². The van der Waals surface area contributed by atoms with Gasteiger partial charge in [-0.05, 0) is 19.8 Å². The number of piperidine rings is 1. The van der Waals surface area contributed by atoms with Crippen LogP contribution >= 0.6 is 0 Å². The SMILES string of the molecule is CC1CCCCN1NC(=O)c1cn(C)nc1-c1ccccc1. The molecule has 116 valence electrons. The standard InChI is InChI=1S/C17H22N4O/c1-13-8-6-7-11-21(13)19-17(22)15-12-20(2)18-16(15)14-9-4-3-5-10-14/h3-5,9-10,12-13H,6-8,11H2,1-2H3,(H,19,22). The van der Waals surface area contributed by atoms with Gasteiger partial charge in [0.25, 0.3) is 5.91 Å². The number of carbonyl (C=O) groups excluding carboxylic acids is 1. The summed E-state index contributed by atoms with van der Waals surface area (Å²) in [4.78, 5) is 12.7. The van der Waals surface area contributed by atoms with Gasteiger partial charge in [0.2, 0.25) is 0 Å². The van der Waals surface area contributed by atoms with E-state index in [0.717, 1.165) is 30.6 Å². The molecular weight excluding hydrogens is 276 g/mol. The lowest BCUT2D eigenvalue weighted by atomic mass is 10.1. The molecule has 1 N–H and O–H groups in total. The molecule has 1 fully saturated rings. The summed E-state index contributed by atoms with van der Waals surface area (Å²) in [6.07, 6.45) is 5.27. The first kappa shape index (κ1) is 14.8. The average molecular weight is 298 g/mol. The number of hydrazine groups is 1. The van der Waals surface area contributed by atoms with Crippen LogP contribution in [0.1, 0.15) is 36.5 Å². The molecule has 5 nitrogen and oxygen atoms in total. The van der Waals surface area contributed by atoms with E-state index in [9.17, 15) is 4.79 Å². The number of amides is 1. The highest BCUT2D eigenvalue weighted by Gasteiger charge is 2.23. The summed E-state index contributed by atoms with van der Waals surface area (Å²) in [5.74, 6) is -0.0827. The molecule has 0 aliphatic carbocycles. The maximum Gasteiger partial charge on any atom is 0.269 e. The van der Waals surface area contributed by atoms with Crippen LogP contribution in [0.25, 0.3) is 11.3 Å². The van der Waals surface area contributed by atoms with Crippen molar-refractivity contribution in [1.82, 2.24) is 20.2 Å². The van der Waals surface area contributed by atoms with Crippen LogP contribution in [-0.2, 0) is 7.05 Å². The van der Waals surface area contributed by atoms with Crippen LogP contribution in [0, 0.1) is 0 Å². The summed E-state index contributed by atoms with van der Waals surface area (Å²) in [6.45, 7) is 3.06. The average Bonchev–Trinajstić information content (AvgIpc) is 2.92. The molecule has 2 heterocycles. The van der Waals surface area contributed by atoms with Crippen molar-refractivity contribution < 1.29 is 4.79 Å². The number of hydrogen-bond acceptors (Lipinski definition) is 3. The molecule has 5 heteroatoms. The highest BCUT2D eigenvalue weighted by Crippen LogP contribution is 2.22. The quantitative estimate of drug-likeness (QED) is 0.947. The first-order chi connectivity index (χ1) is 10.6. The van der Waals surface area contributed by atoms with Crippen LogP contribution in [0.3, 0.4) is 0 Å². The fourth-order valence-electron chi connectivity index (χ4n) is 2.92. The third-order valence-electron chi connectivity index (χ3n) is 4.17. The largest absolute Gasteiger partial charge is 0.284 e. The summed E-state index contributed by atoms with van der Waals surface area (Å²) in [7, 11) is 1.84. The molecule has 1 saturated heterocycles. The van der Waals surface area contributed by atoms with Crippen molar-refractivity contribution in [2.45, 2.75) is 32.2 Å². The van der Waals surface area contributed by atoms with E-state index < -0.39 is 0 Å². The second-order valence-electron chi connectivity index (χ2n) is 5.91. The Labute approximate surface area is 130 Å². The van der Waals surface area contributed by atoms with Gasteiger partial charge in [-0.1, -0.05) is 36.8 Å². The summed E-state index contributed by atoms with van der Waals surface area (Å²) in [5.41, 5.74) is 5.35. The monoisotopic (exact) mass is 298 g/mol. The Morgan fingerprint density at radius 3 is 2.77 bits per heavy atom. The lowest BCUT2D eigenvalue weighted by Gasteiger charge is -2.33. The van der Waals surface area contributed by atoms with E-state index in [1.165, 1.54) is 6.42 Å². The normalized spacial score (nSPS) is 19.1. The maximum atomic E-state index is 12.7. The van der Waals surface area contributed by atoms with Crippen molar-refractivity contribution in [2.75, 3.05) is 6.54 Å². The molecule has 0 radical (unpaired) electrons. The number of aryl methyl sites for hydroxylation is 1. The highest BCUT2D eigenvalue weighted by atomic mass is 16.2. The molecule has 1 amide bonds. The second kappa shape index (κ2) is 6.32. The van der Waals surface area contributed by atoms with Crippen molar-refractivity contribution in [3.05, 3.63) is 42.1 Å². The molecule has 0 saturated carbocycles. The van der Waals surface area contributed by atoms with Gasteiger partial charge in [0.05, 0.1) is 5.56 Å². The van der Waals surface area contributed by atoms with Gasteiger partial charge in [-0.25, -0.2) is 5.01 Å². The van der Waals surface area contributed by atoms with E-state index in [4.69, 9.17) is 0 Å². The predicted octanol–water partition coefficient (Wildman–Crippen LogP) is 2.61. The number of benzene rings is 1. The third-order valence-corrected chi connectivity index (χ3v) is 4.17. The van der Waals surface area contributed by atoms with Crippen LogP contribution in [0.4, 0.5) is 0 Å². The van der Waals surface area contributed by atoms with E-state index in [-0.39, 0.29) is 5.91 Å². The van der Waals surface area contributed by atoms with E-state index >= 15 is 0 Å². The Hall–Kier alpha value is -2.14. The third kappa shape index (κ3) is 3.04. The fraction of sp³-hybridized carbons (Fsp3) is 0.412. The summed E-state index contributed by atoms with van der Waals surface area (Å²) < 4.78 is 1.69. The molecule has 1 aromatic heterocycles. The van der Waals surface area contributed by atoms with Crippen LogP contribution in [-0.4, -0.2) is 33.3 Å². The first-order valence-electron chi connectivity index (χ1n) is 7.82. The van der Waals surface area contributed by atoms with E-state index in [0.29, 0.717) is 11.6 Å². The predicted molar refractivity (Wildman–Crippen MR) is 86.1 cm³/mol. The zero-order valence-electron chi connectivity index (χ0n) is 13.1. The van der Waals surface area contributed by atoms with Gasteiger partial charge in [0, 0.05) is 31.4 Å². The molecule has 22 heavy (non-hydrogen) atoms. The van der Waals surface area contributed by atoms with E-state index in [2.05, 4.69) is 17.4 Å². The van der Waals surface area contributed by atoms with Gasteiger partial charge in [0.1, 0.15) is 5.69 Å². The van der Waals surface area contributed by atoms with E-state index in [1.807, 2.05) is 42.4 Å². The summed E-state index contributed by atoms with van der Waals surface area (Å²) in [6, 6.07) is 10.2. The van der Waals surface area contributed by atoms with Crippen molar-refractivity contribution in [3.63, 3.8) is 0 Å². The van der Waals surface area contributed by atoms with Crippen molar-refractivity contribution in [1.29, 1.82) is 0 Å². The zero-order chi connectivity index (χ0) is 15.5. The minimum absolute atomic E-state index is 0.0827. The Balaban J connectivity index is 1.84. The molecule has 1 aliphatic rings. The van der Waals surface area contributed by atoms with Crippen molar-refractivity contribution in [2.24, 2.45) is 7.05 Å². The minimum atomic E-state index is -0.0827. The van der Waals surface area contributed by atoms with Crippen molar-refractivity contribution >= 4 is 5.91 Å². The lowest BCUT2D eigenvalue weighted by Crippen LogP contribution is -2.49. The zero-order valence-corrected chi connectivity index (χ0v) is 13.1. The molecular formula is C17H22N4O. The summed E-state index contributed by atoms with van der Waals surface area (Å²) in [5, 5.41) is 6.50. The molecule has 2 aromatic rings. The molecule has 0 bridgehead atoms. The smallest absolute Gasteiger partial charge is 0.269 e. The van der Waals surface area contributed by atoms with Crippen LogP contribution in [0.15, 0.2) is 36.5 Å². The van der Waals surface area contributed by atoms with Crippen LogP contribution < -0.4 is 5.43 Å². The number of carbonyl (C=O) groups is 1. The number of rotatable bonds is 3. The highest BCUT2D eigenvalue weighted by molar-refractivity contribution is 5.99. The number of nitrogens with zero attached hydrogens (tertiary/aromatic N) is 3. The summed E-state index contributed by atoms with van der Waals surface area (Å²) >= 11 is 0. The topological polar surface area (TPSA) is 50.2 Å². The number of nitrogens with one attached hydrogen (secondary N) is 1. The van der Waals surface area contributed by atoms with Crippen molar-refractivity contribution in [3.8, 4) is 11.3 Å². The van der Waals surface area contributed by atoms with Crippen LogP contribution in [0.2, 0.25) is 0 Å². The Morgan fingerprint density at radius 2 is 2.05 bits per heavy atom. The number of hydrogen-bond donors (Lipinski definition) is 1. The molecule has 1 aromatic carbocycles. The first-order valence-corrected chi connectivity index (χ1v) is 7.82. The van der Waals surface area contributed by atoms with Gasteiger partial charge in [0.15, 0.2) is 0 Å². The van der Waals surface area contributed by atoms with Gasteiger partial charge in [-0.2, -0.15) is 5.10 Å². The lowest BCUT2D eigenvalue weighted by molar-refractivity contribution is 0.0613. The minimum Gasteiger partial charge on any atom is -0.284 e. The molecule has 0 spiro atoms. The van der Waals surface area contributed by atoms with Gasteiger partial charge in [-0.15, -0.1) is 0 Å². The molecule has 3 rings (SSSR count). The molecule has 1 aliphatic heterocycles.